The van der Waals surface area contributed by atoms with E-state index < -0.39 is 0 Å². The Kier molecular flexibility index (Phi) is 12.1. The molecule has 0 aliphatic rings. The van der Waals surface area contributed by atoms with E-state index in [-0.39, 0.29) is 10.8 Å². The van der Waals surface area contributed by atoms with E-state index in [2.05, 4.69) is 6.92 Å². The van der Waals surface area contributed by atoms with Crippen LogP contribution >= 0.6 is 0 Å². The van der Waals surface area contributed by atoms with E-state index in [1.807, 2.05) is 0 Å². The summed E-state index contributed by atoms with van der Waals surface area (Å²) in [5.41, 5.74) is -0.444. The number of hydrogen-bond donors (Lipinski definition) is 0. The van der Waals surface area contributed by atoms with Crippen LogP contribution in [0.4, 0.5) is 0 Å². The molecular weight excluding hydrogens is 288 g/mol. The first-order chi connectivity index (χ1) is 10.6. The molecule has 0 N–H and O–H groups in total. The van der Waals surface area contributed by atoms with E-state index >= 15 is 0 Å². The Morgan fingerprint density at radius 3 is 1.14 bits per heavy atom. The second-order valence-corrected chi connectivity index (χ2v) is 6.01. The number of methoxy groups -OCH3 is 5. The van der Waals surface area contributed by atoms with Crippen LogP contribution in [-0.2, 0) is 28.4 Å². The highest BCUT2D eigenvalue weighted by atomic mass is 16.5. The Labute approximate surface area is 135 Å². The molecule has 6 heteroatoms. The average molecular weight is 322 g/mol. The summed E-state index contributed by atoms with van der Waals surface area (Å²) in [4.78, 5) is 0. The molecule has 0 unspecified atom stereocenters. The van der Waals surface area contributed by atoms with Crippen molar-refractivity contribution in [2.45, 2.75) is 13.3 Å². The zero-order chi connectivity index (χ0) is 16.9. The quantitative estimate of drug-likeness (QED) is 0.457. The standard InChI is InChI=1S/C16H34O6/c1-7-15(8-17-2,9-18-3)13-22-14-16(10-19-4,11-20-5)12-21-6/h7-14H2,1-6H3. The largest absolute Gasteiger partial charge is 0.384 e. The highest BCUT2D eigenvalue weighted by molar-refractivity contribution is 4.81. The van der Waals surface area contributed by atoms with Crippen LogP contribution < -0.4 is 0 Å². The Hall–Kier alpha value is -0.240. The van der Waals surface area contributed by atoms with Gasteiger partial charge in [0.05, 0.1) is 51.7 Å². The fourth-order valence-electron chi connectivity index (χ4n) is 2.70. The molecule has 0 aromatic rings. The number of hydrogen-bond acceptors (Lipinski definition) is 6. The van der Waals surface area contributed by atoms with Gasteiger partial charge in [0, 0.05) is 41.0 Å². The fourth-order valence-corrected chi connectivity index (χ4v) is 2.70. The zero-order valence-electron chi connectivity index (χ0n) is 15.1. The van der Waals surface area contributed by atoms with E-state index in [0.717, 1.165) is 6.42 Å². The fraction of sp³-hybridized carbons (Fsp3) is 1.00. The molecule has 6 nitrogen and oxygen atoms in total. The predicted octanol–water partition coefficient (Wildman–Crippen LogP) is 1.62. The van der Waals surface area contributed by atoms with Gasteiger partial charge in [-0.3, -0.25) is 0 Å². The minimum Gasteiger partial charge on any atom is -0.384 e. The Balaban J connectivity index is 4.72. The van der Waals surface area contributed by atoms with Gasteiger partial charge in [0.2, 0.25) is 0 Å². The van der Waals surface area contributed by atoms with E-state index in [1.54, 1.807) is 35.5 Å². The van der Waals surface area contributed by atoms with Crippen molar-refractivity contribution in [3.8, 4) is 0 Å². The second-order valence-electron chi connectivity index (χ2n) is 6.01. The summed E-state index contributed by atoms with van der Waals surface area (Å²) in [6, 6.07) is 0. The van der Waals surface area contributed by atoms with Crippen molar-refractivity contribution < 1.29 is 28.4 Å². The predicted molar refractivity (Wildman–Crippen MR) is 85.4 cm³/mol. The molecule has 0 atom stereocenters. The van der Waals surface area contributed by atoms with Gasteiger partial charge in [0.15, 0.2) is 0 Å². The van der Waals surface area contributed by atoms with Crippen LogP contribution in [0.1, 0.15) is 13.3 Å². The van der Waals surface area contributed by atoms with Crippen LogP contribution in [0.2, 0.25) is 0 Å². The minimum absolute atomic E-state index is 0.136. The monoisotopic (exact) mass is 322 g/mol. The first kappa shape index (κ1) is 21.8. The molecule has 0 saturated carbocycles. The smallest absolute Gasteiger partial charge is 0.0637 e. The van der Waals surface area contributed by atoms with Crippen molar-refractivity contribution in [2.24, 2.45) is 10.8 Å². The van der Waals surface area contributed by atoms with Crippen molar-refractivity contribution in [2.75, 3.05) is 81.8 Å². The summed E-state index contributed by atoms with van der Waals surface area (Å²) in [5, 5.41) is 0. The molecule has 0 aromatic heterocycles. The van der Waals surface area contributed by atoms with Crippen LogP contribution in [0, 0.1) is 10.8 Å². The van der Waals surface area contributed by atoms with Crippen LogP contribution in [0.3, 0.4) is 0 Å². The lowest BCUT2D eigenvalue weighted by atomic mass is 9.87. The third-order valence-electron chi connectivity index (χ3n) is 3.82. The van der Waals surface area contributed by atoms with Crippen molar-refractivity contribution in [1.82, 2.24) is 0 Å². The lowest BCUT2D eigenvalue weighted by Gasteiger charge is -2.35. The van der Waals surface area contributed by atoms with Gasteiger partial charge in [-0.1, -0.05) is 6.92 Å². The molecule has 0 aromatic carbocycles. The minimum atomic E-state index is -0.308. The lowest BCUT2D eigenvalue weighted by Crippen LogP contribution is -2.43. The third kappa shape index (κ3) is 7.35. The maximum Gasteiger partial charge on any atom is 0.0637 e. The highest BCUT2D eigenvalue weighted by Gasteiger charge is 2.34. The highest BCUT2D eigenvalue weighted by Crippen LogP contribution is 2.26. The summed E-state index contributed by atoms with van der Waals surface area (Å²) in [7, 11) is 8.42. The molecule has 0 heterocycles. The van der Waals surface area contributed by atoms with Crippen LogP contribution in [0.15, 0.2) is 0 Å². The SMILES string of the molecule is CCC(COC)(COC)COCC(COC)(COC)COC. The lowest BCUT2D eigenvalue weighted by molar-refractivity contribution is -0.113. The first-order valence-corrected chi connectivity index (χ1v) is 7.60. The van der Waals surface area contributed by atoms with Gasteiger partial charge in [0.25, 0.3) is 0 Å². The van der Waals surface area contributed by atoms with E-state index in [1.165, 1.54) is 0 Å². The Morgan fingerprint density at radius 1 is 0.500 bits per heavy atom. The average Bonchev–Trinajstić information content (AvgIpc) is 2.48. The maximum atomic E-state index is 6.02. The topological polar surface area (TPSA) is 55.4 Å². The molecule has 0 amide bonds. The summed E-state index contributed by atoms with van der Waals surface area (Å²) in [5.74, 6) is 0. The van der Waals surface area contributed by atoms with E-state index in [0.29, 0.717) is 46.2 Å². The van der Waals surface area contributed by atoms with Gasteiger partial charge in [-0.05, 0) is 6.42 Å². The zero-order valence-corrected chi connectivity index (χ0v) is 15.1. The summed E-state index contributed by atoms with van der Waals surface area (Å²) in [6.07, 6.45) is 0.917. The molecule has 0 fully saturated rings. The summed E-state index contributed by atoms with van der Waals surface area (Å²) >= 11 is 0. The molecule has 0 radical (unpaired) electrons. The second kappa shape index (κ2) is 12.2. The van der Waals surface area contributed by atoms with Gasteiger partial charge in [0.1, 0.15) is 0 Å². The van der Waals surface area contributed by atoms with Crippen LogP contribution in [0.25, 0.3) is 0 Å². The molecule has 0 spiro atoms. The first-order valence-electron chi connectivity index (χ1n) is 7.60. The number of ether oxygens (including phenoxy) is 6. The van der Waals surface area contributed by atoms with Crippen molar-refractivity contribution >= 4 is 0 Å². The van der Waals surface area contributed by atoms with E-state index in [4.69, 9.17) is 28.4 Å². The number of rotatable bonds is 15. The normalized spacial score (nSPS) is 12.8. The van der Waals surface area contributed by atoms with Crippen molar-refractivity contribution in [3.05, 3.63) is 0 Å². The van der Waals surface area contributed by atoms with E-state index in [9.17, 15) is 0 Å². The summed E-state index contributed by atoms with van der Waals surface area (Å²) < 4.78 is 32.7. The Morgan fingerprint density at radius 2 is 0.818 bits per heavy atom. The van der Waals surface area contributed by atoms with Crippen molar-refractivity contribution in [1.29, 1.82) is 0 Å². The van der Waals surface area contributed by atoms with Crippen LogP contribution in [0.5, 0.6) is 0 Å². The van der Waals surface area contributed by atoms with Crippen molar-refractivity contribution in [3.63, 3.8) is 0 Å². The molecule has 0 bridgehead atoms. The van der Waals surface area contributed by atoms with Gasteiger partial charge >= 0.3 is 0 Å². The van der Waals surface area contributed by atoms with Gasteiger partial charge in [-0.2, -0.15) is 0 Å². The van der Waals surface area contributed by atoms with Gasteiger partial charge < -0.3 is 28.4 Å². The molecule has 22 heavy (non-hydrogen) atoms. The van der Waals surface area contributed by atoms with Gasteiger partial charge in [-0.15, -0.1) is 0 Å². The molecular formula is C16H34O6. The Bertz CT molecular complexity index is 236. The van der Waals surface area contributed by atoms with Crippen LogP contribution in [-0.4, -0.2) is 81.8 Å². The maximum absolute atomic E-state index is 6.02. The molecule has 134 valence electrons. The third-order valence-corrected chi connectivity index (χ3v) is 3.82. The molecule has 0 saturated heterocycles. The molecule has 0 aliphatic carbocycles. The molecule has 0 aliphatic heterocycles. The summed E-state index contributed by atoms with van der Waals surface area (Å²) in [6.45, 7) is 5.93. The molecule has 0 rings (SSSR count). The van der Waals surface area contributed by atoms with Gasteiger partial charge in [-0.25, -0.2) is 0 Å².